The number of hydrogen-bond acceptors (Lipinski definition) is 7. The maximum Gasteiger partial charge on any atom is 0.167 e. The fourth-order valence-electron chi connectivity index (χ4n) is 3.21. The van der Waals surface area contributed by atoms with Crippen LogP contribution in [-0.4, -0.2) is 48.0 Å². The lowest BCUT2D eigenvalue weighted by Crippen LogP contribution is -2.31. The zero-order chi connectivity index (χ0) is 17.4. The lowest BCUT2D eigenvalue weighted by molar-refractivity contribution is -0.0367. The molecule has 8 nitrogen and oxygen atoms in total. The lowest BCUT2D eigenvalue weighted by atomic mass is 10.0. The summed E-state index contributed by atoms with van der Waals surface area (Å²) in [5, 5.41) is 20.8. The summed E-state index contributed by atoms with van der Waals surface area (Å²) in [7, 11) is 0. The van der Waals surface area contributed by atoms with E-state index in [9.17, 15) is 10.2 Å². The minimum atomic E-state index is -1.07. The number of fused-ring (bicyclic) bond motifs is 1. The van der Waals surface area contributed by atoms with Crippen molar-refractivity contribution in [2.45, 2.75) is 37.4 Å². The van der Waals surface area contributed by atoms with Crippen LogP contribution in [0.3, 0.4) is 0 Å². The molecule has 3 heterocycles. The van der Waals surface area contributed by atoms with Gasteiger partial charge in [-0.25, -0.2) is 15.0 Å². The smallest absolute Gasteiger partial charge is 0.167 e. The molecule has 1 aliphatic heterocycles. The molecule has 0 saturated carbocycles. The van der Waals surface area contributed by atoms with Gasteiger partial charge >= 0.3 is 0 Å². The summed E-state index contributed by atoms with van der Waals surface area (Å²) >= 11 is 0. The molecule has 1 saturated heterocycles. The number of aryl methyl sites for hydroxylation is 1. The second kappa shape index (κ2) is 6.40. The Balaban J connectivity index is 1.54. The van der Waals surface area contributed by atoms with Gasteiger partial charge in [0, 0.05) is 0 Å². The minimum absolute atomic E-state index is 0.261. The van der Waals surface area contributed by atoms with Crippen LogP contribution in [0.25, 0.3) is 11.2 Å². The number of aliphatic hydroxyl groups is 2. The van der Waals surface area contributed by atoms with Gasteiger partial charge in [0.2, 0.25) is 0 Å². The predicted molar refractivity (Wildman–Crippen MR) is 90.4 cm³/mol. The largest absolute Gasteiger partial charge is 0.388 e. The van der Waals surface area contributed by atoms with E-state index in [1.54, 1.807) is 4.57 Å². The zero-order valence-corrected chi connectivity index (χ0v) is 13.4. The highest BCUT2D eigenvalue weighted by Gasteiger charge is 2.43. The van der Waals surface area contributed by atoms with Gasteiger partial charge < -0.3 is 20.7 Å². The normalized spacial score (nSPS) is 26.3. The summed E-state index contributed by atoms with van der Waals surface area (Å²) in [5.74, 6) is 0.261. The van der Waals surface area contributed by atoms with Gasteiger partial charge in [-0.15, -0.1) is 0 Å². The van der Waals surface area contributed by atoms with Crippen molar-refractivity contribution in [1.29, 1.82) is 0 Å². The zero-order valence-electron chi connectivity index (χ0n) is 13.4. The fraction of sp³-hybridized carbons (Fsp3) is 0.353. The van der Waals surface area contributed by atoms with Crippen molar-refractivity contribution < 1.29 is 14.9 Å². The second-order valence-corrected chi connectivity index (χ2v) is 6.15. The number of imidazole rings is 1. The van der Waals surface area contributed by atoms with Gasteiger partial charge in [0.1, 0.15) is 24.1 Å². The number of aliphatic hydroxyl groups excluding tert-OH is 2. The predicted octanol–water partition coefficient (Wildman–Crippen LogP) is 0.660. The number of benzene rings is 1. The first-order chi connectivity index (χ1) is 12.1. The summed E-state index contributed by atoms with van der Waals surface area (Å²) in [6.07, 6.45) is 0.882. The Morgan fingerprint density at radius 2 is 1.88 bits per heavy atom. The topological polar surface area (TPSA) is 119 Å². The molecule has 130 valence electrons. The molecule has 0 spiro atoms. The molecule has 0 unspecified atom stereocenters. The van der Waals surface area contributed by atoms with Crippen LogP contribution < -0.4 is 5.73 Å². The van der Waals surface area contributed by atoms with Gasteiger partial charge in [-0.1, -0.05) is 30.3 Å². The van der Waals surface area contributed by atoms with E-state index in [0.717, 1.165) is 12.0 Å². The van der Waals surface area contributed by atoms with E-state index in [0.29, 0.717) is 17.6 Å². The standard InChI is InChI=1S/C17H19N5O3/c18-15-12-16(20-8-19-15)22(9-21-12)17-14(24)13(23)11(25-17)7-6-10-4-2-1-3-5-10/h1-5,8-9,11,13-14,17,23-24H,6-7H2,(H2,18,19,20)/t11-,13-,14-,17-/m1/s1. The van der Waals surface area contributed by atoms with Crippen LogP contribution in [0.15, 0.2) is 43.0 Å². The van der Waals surface area contributed by atoms with Gasteiger partial charge in [-0.05, 0) is 18.4 Å². The number of rotatable bonds is 4. The van der Waals surface area contributed by atoms with Crippen LogP contribution in [0, 0.1) is 0 Å². The number of nitrogen functional groups attached to an aromatic ring is 1. The Kier molecular flexibility index (Phi) is 4.08. The average molecular weight is 341 g/mol. The van der Waals surface area contributed by atoms with E-state index in [1.807, 2.05) is 30.3 Å². The van der Waals surface area contributed by atoms with Crippen LogP contribution in [0.2, 0.25) is 0 Å². The van der Waals surface area contributed by atoms with Crippen LogP contribution in [0.4, 0.5) is 5.82 Å². The van der Waals surface area contributed by atoms with Gasteiger partial charge in [-0.3, -0.25) is 4.57 Å². The summed E-state index contributed by atoms with van der Waals surface area (Å²) in [4.78, 5) is 12.2. The number of anilines is 1. The molecule has 2 aromatic heterocycles. The van der Waals surface area contributed by atoms with Crippen molar-refractivity contribution in [3.05, 3.63) is 48.5 Å². The van der Waals surface area contributed by atoms with Crippen molar-refractivity contribution in [2.24, 2.45) is 0 Å². The number of ether oxygens (including phenoxy) is 1. The molecule has 8 heteroatoms. The summed E-state index contributed by atoms with van der Waals surface area (Å²) in [6, 6.07) is 9.96. The molecule has 1 fully saturated rings. The van der Waals surface area contributed by atoms with Crippen molar-refractivity contribution in [2.75, 3.05) is 5.73 Å². The van der Waals surface area contributed by atoms with E-state index in [-0.39, 0.29) is 5.82 Å². The molecule has 0 radical (unpaired) electrons. The van der Waals surface area contributed by atoms with E-state index in [4.69, 9.17) is 10.5 Å². The monoisotopic (exact) mass is 341 g/mol. The van der Waals surface area contributed by atoms with Crippen molar-refractivity contribution in [3.8, 4) is 0 Å². The van der Waals surface area contributed by atoms with Crippen molar-refractivity contribution in [3.63, 3.8) is 0 Å². The number of nitrogens with two attached hydrogens (primary N) is 1. The highest BCUT2D eigenvalue weighted by Crippen LogP contribution is 2.33. The van der Waals surface area contributed by atoms with Crippen molar-refractivity contribution in [1.82, 2.24) is 19.5 Å². The number of aromatic nitrogens is 4. The van der Waals surface area contributed by atoms with Crippen LogP contribution in [0.5, 0.6) is 0 Å². The van der Waals surface area contributed by atoms with Crippen LogP contribution in [0.1, 0.15) is 18.2 Å². The SMILES string of the molecule is Nc1ncnc2c1ncn2[C@@H]1O[C@H](CCc2ccccc2)[C@@H](O)[C@H]1O. The molecule has 0 bridgehead atoms. The number of hydrogen-bond donors (Lipinski definition) is 3. The summed E-state index contributed by atoms with van der Waals surface area (Å²) < 4.78 is 7.51. The highest BCUT2D eigenvalue weighted by molar-refractivity contribution is 5.81. The first-order valence-electron chi connectivity index (χ1n) is 8.13. The Labute approximate surface area is 143 Å². The van der Waals surface area contributed by atoms with Gasteiger partial charge in [0.15, 0.2) is 17.7 Å². The third-order valence-electron chi connectivity index (χ3n) is 4.56. The Hall–Kier alpha value is -2.55. The van der Waals surface area contributed by atoms with E-state index in [1.165, 1.54) is 12.7 Å². The first kappa shape index (κ1) is 15.9. The number of nitrogens with zero attached hydrogens (tertiary/aromatic N) is 4. The Morgan fingerprint density at radius 1 is 1.08 bits per heavy atom. The van der Waals surface area contributed by atoms with E-state index >= 15 is 0 Å². The molecular formula is C17H19N5O3. The fourth-order valence-corrected chi connectivity index (χ4v) is 3.21. The van der Waals surface area contributed by atoms with Gasteiger partial charge in [0.05, 0.1) is 12.4 Å². The molecule has 4 N–H and O–H groups in total. The van der Waals surface area contributed by atoms with Gasteiger partial charge in [0.25, 0.3) is 0 Å². The average Bonchev–Trinajstić information content (AvgIpc) is 3.18. The van der Waals surface area contributed by atoms with Crippen molar-refractivity contribution >= 4 is 17.0 Å². The second-order valence-electron chi connectivity index (χ2n) is 6.15. The van der Waals surface area contributed by atoms with Crippen LogP contribution in [-0.2, 0) is 11.2 Å². The molecule has 3 aromatic rings. The highest BCUT2D eigenvalue weighted by atomic mass is 16.6. The van der Waals surface area contributed by atoms with Crippen LogP contribution >= 0.6 is 0 Å². The molecule has 1 aromatic carbocycles. The molecule has 4 rings (SSSR count). The lowest BCUT2D eigenvalue weighted by Gasteiger charge is -2.16. The first-order valence-corrected chi connectivity index (χ1v) is 8.13. The molecule has 0 aliphatic carbocycles. The minimum Gasteiger partial charge on any atom is -0.388 e. The van der Waals surface area contributed by atoms with E-state index in [2.05, 4.69) is 15.0 Å². The maximum atomic E-state index is 10.4. The molecular weight excluding hydrogens is 322 g/mol. The molecule has 4 atom stereocenters. The Morgan fingerprint density at radius 3 is 2.68 bits per heavy atom. The third-order valence-corrected chi connectivity index (χ3v) is 4.56. The molecule has 0 amide bonds. The van der Waals surface area contributed by atoms with E-state index < -0.39 is 24.5 Å². The molecule has 1 aliphatic rings. The Bertz CT molecular complexity index is 869. The van der Waals surface area contributed by atoms with Gasteiger partial charge in [-0.2, -0.15) is 0 Å². The quantitative estimate of drug-likeness (QED) is 0.638. The summed E-state index contributed by atoms with van der Waals surface area (Å²) in [5.41, 5.74) is 7.86. The maximum absolute atomic E-state index is 10.4. The third kappa shape index (κ3) is 2.84. The molecule has 25 heavy (non-hydrogen) atoms. The summed E-state index contributed by atoms with van der Waals surface area (Å²) in [6.45, 7) is 0.